The first-order valence-corrected chi connectivity index (χ1v) is 9.25. The van der Waals surface area contributed by atoms with Crippen molar-refractivity contribution >= 4 is 17.2 Å². The number of imidazole rings is 1. The monoisotopic (exact) mass is 402 g/mol. The zero-order valence-electron chi connectivity index (χ0n) is 15.9. The second kappa shape index (κ2) is 8.44. The van der Waals surface area contributed by atoms with Crippen molar-refractivity contribution in [3.05, 3.63) is 94.8 Å². The number of carbonyl (C=O) groups is 1. The van der Waals surface area contributed by atoms with Crippen LogP contribution in [0.3, 0.4) is 0 Å². The lowest BCUT2D eigenvalue weighted by molar-refractivity contribution is -0.385. The molecule has 1 N–H and O–H groups in total. The van der Waals surface area contributed by atoms with Gasteiger partial charge in [0.1, 0.15) is 11.4 Å². The zero-order valence-corrected chi connectivity index (χ0v) is 15.9. The molecule has 4 aromatic rings. The Morgan fingerprint density at radius 1 is 1.03 bits per heavy atom. The Morgan fingerprint density at radius 3 is 2.53 bits per heavy atom. The first kappa shape index (κ1) is 19.1. The number of nitrogens with one attached hydrogen (secondary N) is 1. The molecule has 0 radical (unpaired) electrons. The first-order valence-electron chi connectivity index (χ1n) is 9.25. The van der Waals surface area contributed by atoms with E-state index < -0.39 is 4.92 Å². The van der Waals surface area contributed by atoms with Gasteiger partial charge in [0.05, 0.1) is 16.8 Å². The maximum Gasteiger partial charge on any atom is 0.286 e. The van der Waals surface area contributed by atoms with Gasteiger partial charge in [-0.1, -0.05) is 30.3 Å². The molecule has 1 amide bonds. The van der Waals surface area contributed by atoms with Crippen molar-refractivity contribution in [1.29, 1.82) is 0 Å². The van der Waals surface area contributed by atoms with Crippen molar-refractivity contribution in [3.8, 4) is 17.0 Å². The minimum absolute atomic E-state index is 0.000684. The summed E-state index contributed by atoms with van der Waals surface area (Å²) in [5.41, 5.74) is 3.16. The van der Waals surface area contributed by atoms with Gasteiger partial charge in [0.15, 0.2) is 6.61 Å². The fourth-order valence-electron chi connectivity index (χ4n) is 2.95. The standard InChI is InChI=1S/C22H18N4O4/c27-22(23-12-16-4-2-1-3-5-16)15-30-19-9-6-17(7-10-19)20-14-25-13-18(26(28)29)8-11-21(25)24-20/h1-11,13-14H,12,15H2,(H,23,27). The van der Waals surface area contributed by atoms with Crippen LogP contribution in [-0.4, -0.2) is 26.8 Å². The maximum atomic E-state index is 12.0. The lowest BCUT2D eigenvalue weighted by Crippen LogP contribution is -2.28. The third kappa shape index (κ3) is 4.44. The summed E-state index contributed by atoms with van der Waals surface area (Å²) in [4.78, 5) is 26.9. The van der Waals surface area contributed by atoms with E-state index in [2.05, 4.69) is 10.3 Å². The number of rotatable bonds is 7. The van der Waals surface area contributed by atoms with Crippen LogP contribution in [0.15, 0.2) is 79.1 Å². The SMILES string of the molecule is O=C(COc1ccc(-c2cn3cc([N+](=O)[O-])ccc3n2)cc1)NCc1ccccc1. The lowest BCUT2D eigenvalue weighted by Gasteiger charge is -2.08. The lowest BCUT2D eigenvalue weighted by atomic mass is 10.2. The van der Waals surface area contributed by atoms with E-state index in [0.29, 0.717) is 23.6 Å². The van der Waals surface area contributed by atoms with Crippen LogP contribution in [-0.2, 0) is 11.3 Å². The number of hydrogen-bond donors (Lipinski definition) is 1. The summed E-state index contributed by atoms with van der Waals surface area (Å²) in [7, 11) is 0. The molecule has 0 aliphatic carbocycles. The first-order chi connectivity index (χ1) is 14.6. The Morgan fingerprint density at radius 2 is 1.80 bits per heavy atom. The zero-order chi connectivity index (χ0) is 20.9. The van der Waals surface area contributed by atoms with Gasteiger partial charge in [0, 0.05) is 24.4 Å². The second-order valence-corrected chi connectivity index (χ2v) is 6.61. The van der Waals surface area contributed by atoms with Gasteiger partial charge < -0.3 is 10.1 Å². The van der Waals surface area contributed by atoms with Crippen molar-refractivity contribution in [3.63, 3.8) is 0 Å². The Hall–Kier alpha value is -4.20. The van der Waals surface area contributed by atoms with E-state index in [9.17, 15) is 14.9 Å². The van der Waals surface area contributed by atoms with E-state index in [1.807, 2.05) is 42.5 Å². The second-order valence-electron chi connectivity index (χ2n) is 6.61. The molecule has 8 heteroatoms. The van der Waals surface area contributed by atoms with Crippen molar-refractivity contribution in [2.24, 2.45) is 0 Å². The Balaban J connectivity index is 1.36. The normalized spacial score (nSPS) is 10.7. The van der Waals surface area contributed by atoms with Gasteiger partial charge in [-0.2, -0.15) is 0 Å². The molecule has 0 saturated carbocycles. The number of carbonyl (C=O) groups excluding carboxylic acids is 1. The highest BCUT2D eigenvalue weighted by atomic mass is 16.6. The van der Waals surface area contributed by atoms with Gasteiger partial charge in [0.2, 0.25) is 0 Å². The summed E-state index contributed by atoms with van der Waals surface area (Å²) < 4.78 is 7.16. The number of nitro groups is 1. The molecule has 0 aliphatic rings. The maximum absolute atomic E-state index is 12.0. The minimum atomic E-state index is -0.443. The molecule has 2 heterocycles. The summed E-state index contributed by atoms with van der Waals surface area (Å²) in [6.45, 7) is 0.373. The van der Waals surface area contributed by atoms with Gasteiger partial charge in [-0.3, -0.25) is 19.3 Å². The van der Waals surface area contributed by atoms with Crippen molar-refractivity contribution in [2.75, 3.05) is 6.61 Å². The summed E-state index contributed by atoms with van der Waals surface area (Å²) >= 11 is 0. The molecular weight excluding hydrogens is 384 g/mol. The minimum Gasteiger partial charge on any atom is -0.484 e. The van der Waals surface area contributed by atoms with Crippen LogP contribution in [0.25, 0.3) is 16.9 Å². The van der Waals surface area contributed by atoms with Crippen LogP contribution in [0.5, 0.6) is 5.75 Å². The molecule has 0 aliphatic heterocycles. The quantitative estimate of drug-likeness (QED) is 0.376. The summed E-state index contributed by atoms with van der Waals surface area (Å²) in [5, 5.41) is 13.7. The van der Waals surface area contributed by atoms with Crippen molar-refractivity contribution in [1.82, 2.24) is 14.7 Å². The van der Waals surface area contributed by atoms with Crippen LogP contribution in [0, 0.1) is 10.1 Å². The van der Waals surface area contributed by atoms with Crippen LogP contribution in [0.2, 0.25) is 0 Å². The van der Waals surface area contributed by atoms with Crippen molar-refractivity contribution < 1.29 is 14.5 Å². The van der Waals surface area contributed by atoms with Gasteiger partial charge >= 0.3 is 0 Å². The number of amides is 1. The predicted octanol–water partition coefficient (Wildman–Crippen LogP) is 3.60. The third-order valence-electron chi connectivity index (χ3n) is 4.50. The van der Waals surface area contributed by atoms with Gasteiger partial charge in [-0.25, -0.2) is 4.98 Å². The molecule has 0 unspecified atom stereocenters. The van der Waals surface area contributed by atoms with E-state index >= 15 is 0 Å². The Kier molecular flexibility index (Phi) is 5.38. The molecule has 4 rings (SSSR count). The highest BCUT2D eigenvalue weighted by molar-refractivity contribution is 5.77. The molecule has 150 valence electrons. The van der Waals surface area contributed by atoms with E-state index in [1.54, 1.807) is 28.8 Å². The van der Waals surface area contributed by atoms with E-state index in [0.717, 1.165) is 11.1 Å². The molecule has 0 fully saturated rings. The average Bonchev–Trinajstić information content (AvgIpc) is 3.20. The van der Waals surface area contributed by atoms with E-state index in [-0.39, 0.29) is 18.2 Å². The van der Waals surface area contributed by atoms with E-state index in [4.69, 9.17) is 4.74 Å². The fraction of sp³-hybridized carbons (Fsp3) is 0.0909. The molecule has 2 aromatic heterocycles. The van der Waals surface area contributed by atoms with Gasteiger partial charge in [0.25, 0.3) is 11.6 Å². The number of pyridine rings is 1. The van der Waals surface area contributed by atoms with Gasteiger partial charge in [-0.05, 0) is 35.9 Å². The highest BCUT2D eigenvalue weighted by Gasteiger charge is 2.10. The number of fused-ring (bicyclic) bond motifs is 1. The number of aromatic nitrogens is 2. The predicted molar refractivity (Wildman–Crippen MR) is 111 cm³/mol. The van der Waals surface area contributed by atoms with Gasteiger partial charge in [-0.15, -0.1) is 0 Å². The van der Waals surface area contributed by atoms with Crippen molar-refractivity contribution in [2.45, 2.75) is 6.54 Å². The smallest absolute Gasteiger partial charge is 0.286 e. The van der Waals surface area contributed by atoms with Crippen LogP contribution >= 0.6 is 0 Å². The molecule has 2 aromatic carbocycles. The number of nitrogens with zero attached hydrogens (tertiary/aromatic N) is 3. The summed E-state index contributed by atoms with van der Waals surface area (Å²) in [6.07, 6.45) is 3.16. The molecular formula is C22H18N4O4. The largest absolute Gasteiger partial charge is 0.484 e. The fourth-order valence-corrected chi connectivity index (χ4v) is 2.95. The van der Waals surface area contributed by atoms with Crippen LogP contribution < -0.4 is 10.1 Å². The van der Waals surface area contributed by atoms with E-state index in [1.165, 1.54) is 12.3 Å². The molecule has 0 bridgehead atoms. The average molecular weight is 402 g/mol. The Bertz CT molecular complexity index is 1190. The molecule has 0 spiro atoms. The highest BCUT2D eigenvalue weighted by Crippen LogP contribution is 2.23. The summed E-state index contributed by atoms with van der Waals surface area (Å²) in [6, 6.07) is 19.8. The third-order valence-corrected chi connectivity index (χ3v) is 4.50. The topological polar surface area (TPSA) is 98.8 Å². The van der Waals surface area contributed by atoms with Crippen LogP contribution in [0.4, 0.5) is 5.69 Å². The number of hydrogen-bond acceptors (Lipinski definition) is 5. The molecule has 0 saturated heterocycles. The molecule has 8 nitrogen and oxygen atoms in total. The summed E-state index contributed by atoms with van der Waals surface area (Å²) in [5.74, 6) is 0.359. The Labute approximate surface area is 171 Å². The molecule has 0 atom stereocenters. The number of ether oxygens (including phenoxy) is 1. The van der Waals surface area contributed by atoms with Crippen LogP contribution in [0.1, 0.15) is 5.56 Å². The number of benzene rings is 2. The molecule has 30 heavy (non-hydrogen) atoms.